The van der Waals surface area contributed by atoms with Gasteiger partial charge in [0.15, 0.2) is 0 Å². The zero-order chi connectivity index (χ0) is 13.3. The molecule has 0 N–H and O–H groups in total. The van der Waals surface area contributed by atoms with E-state index in [0.29, 0.717) is 11.3 Å². The quantitative estimate of drug-likeness (QED) is 0.804. The molecule has 0 radical (unpaired) electrons. The smallest absolute Gasteiger partial charge is 0.260 e. The summed E-state index contributed by atoms with van der Waals surface area (Å²) >= 11 is 3.28. The lowest BCUT2D eigenvalue weighted by atomic mass is 10.1. The van der Waals surface area contributed by atoms with Crippen LogP contribution in [0.5, 0.6) is 0 Å². The van der Waals surface area contributed by atoms with Gasteiger partial charge in [-0.15, -0.1) is 0 Å². The number of halogens is 4. The maximum atomic E-state index is 12.8. The van der Waals surface area contributed by atoms with Crippen LogP contribution in [0.15, 0.2) is 34.8 Å². The van der Waals surface area contributed by atoms with Crippen molar-refractivity contribution in [3.8, 4) is 11.3 Å². The van der Waals surface area contributed by atoms with E-state index in [-0.39, 0.29) is 6.54 Å². The summed E-state index contributed by atoms with van der Waals surface area (Å²) in [5.74, 6) is 0. The van der Waals surface area contributed by atoms with E-state index >= 15 is 0 Å². The van der Waals surface area contributed by atoms with Crippen LogP contribution in [0.25, 0.3) is 11.3 Å². The molecule has 0 unspecified atom stereocenters. The Bertz CT molecular complexity index is 543. The molecule has 1 aromatic carbocycles. The highest BCUT2D eigenvalue weighted by Crippen LogP contribution is 2.32. The zero-order valence-corrected chi connectivity index (χ0v) is 11.1. The summed E-state index contributed by atoms with van der Waals surface area (Å²) in [6.45, 7) is 1.82. The first kappa shape index (κ1) is 13.1. The number of hydrogen-bond donors (Lipinski definition) is 0. The van der Waals surface area contributed by atoms with Gasteiger partial charge in [-0.3, -0.25) is 4.68 Å². The van der Waals surface area contributed by atoms with E-state index in [9.17, 15) is 13.2 Å². The van der Waals surface area contributed by atoms with Crippen molar-refractivity contribution in [3.05, 3.63) is 40.5 Å². The Labute approximate surface area is 111 Å². The Morgan fingerprint density at radius 2 is 1.83 bits per heavy atom. The minimum atomic E-state index is -4.38. The van der Waals surface area contributed by atoms with Crippen molar-refractivity contribution in [2.24, 2.45) is 0 Å². The fourth-order valence-corrected chi connectivity index (χ4v) is 1.91. The highest BCUT2D eigenvalue weighted by atomic mass is 79.9. The number of alkyl halides is 3. The summed E-state index contributed by atoms with van der Waals surface area (Å²) in [6, 6.07) is 8.08. The fourth-order valence-electron chi connectivity index (χ4n) is 1.65. The van der Waals surface area contributed by atoms with E-state index < -0.39 is 11.9 Å². The minimum absolute atomic E-state index is 0.186. The van der Waals surface area contributed by atoms with E-state index in [2.05, 4.69) is 21.0 Å². The maximum Gasteiger partial charge on any atom is 0.433 e. The van der Waals surface area contributed by atoms with E-state index in [1.807, 2.05) is 0 Å². The normalized spacial score (nSPS) is 11.8. The van der Waals surface area contributed by atoms with Crippen molar-refractivity contribution in [2.75, 3.05) is 0 Å². The van der Waals surface area contributed by atoms with Crippen LogP contribution in [0.3, 0.4) is 0 Å². The van der Waals surface area contributed by atoms with Crippen LogP contribution in [0.1, 0.15) is 12.6 Å². The lowest BCUT2D eigenvalue weighted by Crippen LogP contribution is -2.13. The van der Waals surface area contributed by atoms with E-state index in [4.69, 9.17) is 0 Å². The predicted molar refractivity (Wildman–Crippen MR) is 66.0 cm³/mol. The molecule has 0 fully saturated rings. The number of hydrogen-bond acceptors (Lipinski definition) is 1. The van der Waals surface area contributed by atoms with E-state index in [1.54, 1.807) is 31.2 Å². The molecule has 2 rings (SSSR count). The Balaban J connectivity index is 2.47. The molecule has 0 bridgehead atoms. The minimum Gasteiger partial charge on any atom is -0.260 e. The molecule has 18 heavy (non-hydrogen) atoms. The molecule has 6 heteroatoms. The first-order chi connectivity index (χ1) is 8.41. The molecule has 0 amide bonds. The average molecular weight is 319 g/mol. The Morgan fingerprint density at radius 3 is 2.28 bits per heavy atom. The summed E-state index contributed by atoms with van der Waals surface area (Å²) in [5.41, 5.74) is 0.274. The molecule has 0 saturated heterocycles. The molecule has 0 aliphatic rings. The van der Waals surface area contributed by atoms with Gasteiger partial charge >= 0.3 is 6.18 Å². The molecule has 2 nitrogen and oxygen atoms in total. The molecule has 0 saturated carbocycles. The van der Waals surface area contributed by atoms with Gasteiger partial charge in [0, 0.05) is 16.6 Å². The second-order valence-electron chi connectivity index (χ2n) is 3.74. The molecule has 1 aromatic heterocycles. The predicted octanol–water partition coefficient (Wildman–Crippen LogP) is 4.35. The van der Waals surface area contributed by atoms with Gasteiger partial charge in [0.05, 0.1) is 5.69 Å². The Morgan fingerprint density at radius 1 is 1.22 bits per heavy atom. The third-order valence-electron chi connectivity index (χ3n) is 2.51. The number of benzene rings is 1. The van der Waals surface area contributed by atoms with Crippen LogP contribution in [-0.2, 0) is 12.7 Å². The first-order valence-corrected chi connectivity index (χ1v) is 6.12. The van der Waals surface area contributed by atoms with Crippen molar-refractivity contribution >= 4 is 15.9 Å². The summed E-state index contributed by atoms with van der Waals surface area (Å²) in [6.07, 6.45) is -4.38. The van der Waals surface area contributed by atoms with Crippen molar-refractivity contribution < 1.29 is 13.2 Å². The SMILES string of the molecule is CCn1nc(-c2ccc(Br)cc2)cc1C(F)(F)F. The highest BCUT2D eigenvalue weighted by Gasteiger charge is 2.35. The van der Waals surface area contributed by atoms with Crippen molar-refractivity contribution in [2.45, 2.75) is 19.6 Å². The van der Waals surface area contributed by atoms with Crippen molar-refractivity contribution in [1.29, 1.82) is 0 Å². The third kappa shape index (κ3) is 2.58. The van der Waals surface area contributed by atoms with E-state index in [0.717, 1.165) is 15.2 Å². The lowest BCUT2D eigenvalue weighted by molar-refractivity contribution is -0.144. The van der Waals surface area contributed by atoms with Crippen LogP contribution in [-0.4, -0.2) is 9.78 Å². The zero-order valence-electron chi connectivity index (χ0n) is 9.50. The second kappa shape index (κ2) is 4.76. The molecule has 0 atom stereocenters. The third-order valence-corrected chi connectivity index (χ3v) is 3.04. The largest absolute Gasteiger partial charge is 0.433 e. The second-order valence-corrected chi connectivity index (χ2v) is 4.65. The molecule has 1 heterocycles. The summed E-state index contributed by atoms with van der Waals surface area (Å²) in [7, 11) is 0. The number of aromatic nitrogens is 2. The molecule has 2 aromatic rings. The molecule has 0 spiro atoms. The molecular formula is C12H10BrF3N2. The molecule has 0 aliphatic heterocycles. The lowest BCUT2D eigenvalue weighted by Gasteiger charge is -2.07. The molecule has 0 aliphatic carbocycles. The first-order valence-electron chi connectivity index (χ1n) is 5.33. The average Bonchev–Trinajstić information content (AvgIpc) is 2.73. The summed E-state index contributed by atoms with van der Waals surface area (Å²) in [5, 5.41) is 3.98. The summed E-state index contributed by atoms with van der Waals surface area (Å²) in [4.78, 5) is 0. The maximum absolute atomic E-state index is 12.8. The van der Waals surface area contributed by atoms with Gasteiger partial charge in [-0.1, -0.05) is 28.1 Å². The van der Waals surface area contributed by atoms with Gasteiger partial charge in [0.1, 0.15) is 5.69 Å². The van der Waals surface area contributed by atoms with Crippen LogP contribution < -0.4 is 0 Å². The van der Waals surface area contributed by atoms with Gasteiger partial charge < -0.3 is 0 Å². The van der Waals surface area contributed by atoms with Gasteiger partial charge in [-0.2, -0.15) is 18.3 Å². The topological polar surface area (TPSA) is 17.8 Å². The van der Waals surface area contributed by atoms with Gasteiger partial charge in [0.2, 0.25) is 0 Å². The van der Waals surface area contributed by atoms with Gasteiger partial charge in [-0.25, -0.2) is 0 Å². The van der Waals surface area contributed by atoms with Gasteiger partial charge in [-0.05, 0) is 25.1 Å². The highest BCUT2D eigenvalue weighted by molar-refractivity contribution is 9.10. The standard InChI is InChI=1S/C12H10BrF3N2/c1-2-18-11(12(14,15)16)7-10(17-18)8-3-5-9(13)6-4-8/h3-7H,2H2,1H3. The van der Waals surface area contributed by atoms with Crippen molar-refractivity contribution in [1.82, 2.24) is 9.78 Å². The number of aryl methyl sites for hydroxylation is 1. The fraction of sp³-hybridized carbons (Fsp3) is 0.250. The molecular weight excluding hydrogens is 309 g/mol. The molecule has 96 valence electrons. The van der Waals surface area contributed by atoms with Crippen LogP contribution in [0.2, 0.25) is 0 Å². The monoisotopic (exact) mass is 318 g/mol. The van der Waals surface area contributed by atoms with Gasteiger partial charge in [0.25, 0.3) is 0 Å². The van der Waals surface area contributed by atoms with Crippen LogP contribution >= 0.6 is 15.9 Å². The number of rotatable bonds is 2. The number of nitrogens with zero attached hydrogens (tertiary/aromatic N) is 2. The Kier molecular flexibility index (Phi) is 3.47. The Hall–Kier alpha value is -1.30. The van der Waals surface area contributed by atoms with E-state index in [1.165, 1.54) is 0 Å². The van der Waals surface area contributed by atoms with Crippen LogP contribution in [0.4, 0.5) is 13.2 Å². The van der Waals surface area contributed by atoms with Crippen molar-refractivity contribution in [3.63, 3.8) is 0 Å². The van der Waals surface area contributed by atoms with Crippen LogP contribution in [0, 0.1) is 0 Å². The summed E-state index contributed by atoms with van der Waals surface area (Å²) < 4.78 is 40.1.